The van der Waals surface area contributed by atoms with E-state index in [0.717, 1.165) is 78.6 Å². The average molecular weight is 530 g/mol. The minimum atomic E-state index is -0.461. The van der Waals surface area contributed by atoms with E-state index in [1.807, 2.05) is 23.9 Å². The van der Waals surface area contributed by atoms with Crippen molar-refractivity contribution < 1.29 is 14.6 Å². The molecular weight excluding hydrogens is 486 g/mol. The Morgan fingerprint density at radius 3 is 2.62 bits per heavy atom. The van der Waals surface area contributed by atoms with Crippen molar-refractivity contribution in [3.63, 3.8) is 0 Å². The van der Waals surface area contributed by atoms with E-state index in [-0.39, 0.29) is 29.7 Å². The van der Waals surface area contributed by atoms with Crippen LogP contribution < -0.4 is 10.1 Å². The predicted molar refractivity (Wildman–Crippen MR) is 155 cm³/mol. The van der Waals surface area contributed by atoms with Crippen molar-refractivity contribution in [1.29, 1.82) is 0 Å². The number of nitrogens with zero attached hydrogens (tertiary/aromatic N) is 2. The van der Waals surface area contributed by atoms with Gasteiger partial charge in [0.15, 0.2) is 0 Å². The summed E-state index contributed by atoms with van der Waals surface area (Å²) in [6, 6.07) is 14.6. The number of aliphatic hydroxyl groups is 1. The van der Waals surface area contributed by atoms with E-state index < -0.39 is 6.10 Å². The fraction of sp³-hybridized carbons (Fsp3) is 0.515. The van der Waals surface area contributed by atoms with Gasteiger partial charge < -0.3 is 15.2 Å². The smallest absolute Gasteiger partial charge is 0.223 e. The molecule has 39 heavy (non-hydrogen) atoms. The molecule has 1 aromatic heterocycles. The number of hydrogen-bond donors (Lipinski definition) is 2. The standard InChI is InChI=1S/C33H43N3O3/c1-4-36-21-28(20-34-36)24-11-8-12-26(18-24)32(35-33(38)23-9-6-5-7-10-23)27-13-15-29(30(37)19-27)25-14-16-31(39-3)22(2)17-25/h8,11-12,14,16-18,20-21,23,27,29-30,32,37H,4-7,9-10,13,15,19H2,1-3H3,(H,35,38). The molecule has 4 unspecified atom stereocenters. The molecule has 0 saturated heterocycles. The Morgan fingerprint density at radius 1 is 1.10 bits per heavy atom. The zero-order valence-electron chi connectivity index (χ0n) is 23.6. The number of aliphatic hydroxyl groups excluding tert-OH is 1. The molecular formula is C33H43N3O3. The number of nitrogens with one attached hydrogen (secondary N) is 1. The SMILES string of the molecule is CCn1cc(-c2cccc(C(NC(=O)C3CCCCC3)C3CCC(c4ccc(OC)c(C)c4)C(O)C3)c2)cn1. The van der Waals surface area contributed by atoms with Crippen LogP contribution in [0, 0.1) is 18.8 Å². The molecule has 0 bridgehead atoms. The third-order valence-corrected chi connectivity index (χ3v) is 8.99. The maximum absolute atomic E-state index is 13.5. The number of carbonyl (C=O) groups excluding carboxylic acids is 1. The summed E-state index contributed by atoms with van der Waals surface area (Å²) in [5, 5.41) is 19.3. The summed E-state index contributed by atoms with van der Waals surface area (Å²) in [4.78, 5) is 13.5. The summed E-state index contributed by atoms with van der Waals surface area (Å²) >= 11 is 0. The van der Waals surface area contributed by atoms with E-state index in [1.165, 1.54) is 6.42 Å². The molecule has 2 fully saturated rings. The fourth-order valence-corrected chi connectivity index (χ4v) is 6.71. The monoisotopic (exact) mass is 529 g/mol. The number of rotatable bonds is 8. The molecule has 6 nitrogen and oxygen atoms in total. The van der Waals surface area contributed by atoms with Crippen LogP contribution in [0.4, 0.5) is 0 Å². The molecule has 208 valence electrons. The minimum Gasteiger partial charge on any atom is -0.496 e. The van der Waals surface area contributed by atoms with Gasteiger partial charge in [0.2, 0.25) is 5.91 Å². The zero-order chi connectivity index (χ0) is 27.4. The van der Waals surface area contributed by atoms with E-state index in [0.29, 0.717) is 6.42 Å². The maximum atomic E-state index is 13.5. The Kier molecular flexibility index (Phi) is 8.71. The number of benzene rings is 2. The van der Waals surface area contributed by atoms with Crippen molar-refractivity contribution in [2.24, 2.45) is 11.8 Å². The summed E-state index contributed by atoms with van der Waals surface area (Å²) in [6.45, 7) is 4.96. The lowest BCUT2D eigenvalue weighted by Gasteiger charge is -2.38. The summed E-state index contributed by atoms with van der Waals surface area (Å²) in [5.41, 5.74) is 5.54. The second-order valence-electron chi connectivity index (χ2n) is 11.5. The topological polar surface area (TPSA) is 76.4 Å². The van der Waals surface area contributed by atoms with Crippen molar-refractivity contribution in [1.82, 2.24) is 15.1 Å². The van der Waals surface area contributed by atoms with E-state index in [9.17, 15) is 9.90 Å². The molecule has 1 amide bonds. The first-order valence-electron chi connectivity index (χ1n) is 14.7. The van der Waals surface area contributed by atoms with Gasteiger partial charge in [0, 0.05) is 30.1 Å². The molecule has 2 N–H and O–H groups in total. The van der Waals surface area contributed by atoms with Gasteiger partial charge >= 0.3 is 0 Å². The van der Waals surface area contributed by atoms with E-state index >= 15 is 0 Å². The lowest BCUT2D eigenvalue weighted by Crippen LogP contribution is -2.41. The zero-order valence-corrected chi connectivity index (χ0v) is 23.6. The number of ether oxygens (including phenoxy) is 1. The molecule has 6 heteroatoms. The lowest BCUT2D eigenvalue weighted by molar-refractivity contribution is -0.127. The first-order chi connectivity index (χ1) is 19.0. The van der Waals surface area contributed by atoms with Gasteiger partial charge in [-0.2, -0.15) is 5.10 Å². The quantitative estimate of drug-likeness (QED) is 0.346. The van der Waals surface area contributed by atoms with Gasteiger partial charge in [0.25, 0.3) is 0 Å². The van der Waals surface area contributed by atoms with Crippen molar-refractivity contribution in [3.8, 4) is 16.9 Å². The predicted octanol–water partition coefficient (Wildman–Crippen LogP) is 6.57. The van der Waals surface area contributed by atoms with Gasteiger partial charge in [-0.1, -0.05) is 49.6 Å². The van der Waals surface area contributed by atoms with Gasteiger partial charge in [0.1, 0.15) is 5.75 Å². The van der Waals surface area contributed by atoms with Crippen LogP contribution in [-0.4, -0.2) is 34.0 Å². The maximum Gasteiger partial charge on any atom is 0.223 e. The minimum absolute atomic E-state index is 0.0896. The molecule has 0 spiro atoms. The molecule has 1 heterocycles. The molecule has 0 aliphatic heterocycles. The fourth-order valence-electron chi connectivity index (χ4n) is 6.71. The summed E-state index contributed by atoms with van der Waals surface area (Å²) < 4.78 is 7.37. The van der Waals surface area contributed by atoms with Crippen LogP contribution in [0.2, 0.25) is 0 Å². The first-order valence-corrected chi connectivity index (χ1v) is 14.7. The van der Waals surface area contributed by atoms with Crippen LogP contribution in [0.1, 0.15) is 86.9 Å². The Balaban J connectivity index is 1.39. The molecule has 3 aromatic rings. The molecule has 0 radical (unpaired) electrons. The number of aryl methyl sites for hydroxylation is 2. The highest BCUT2D eigenvalue weighted by Gasteiger charge is 2.36. The third kappa shape index (κ3) is 6.22. The Labute approximate surface area is 232 Å². The lowest BCUT2D eigenvalue weighted by atomic mass is 9.72. The van der Waals surface area contributed by atoms with E-state index in [4.69, 9.17) is 4.74 Å². The van der Waals surface area contributed by atoms with Crippen molar-refractivity contribution >= 4 is 5.91 Å². The molecule has 2 aliphatic carbocycles. The average Bonchev–Trinajstić information content (AvgIpc) is 3.46. The van der Waals surface area contributed by atoms with E-state index in [1.54, 1.807) is 7.11 Å². The highest BCUT2D eigenvalue weighted by atomic mass is 16.5. The number of amides is 1. The number of hydrogen-bond acceptors (Lipinski definition) is 4. The van der Waals surface area contributed by atoms with Crippen molar-refractivity contribution in [3.05, 3.63) is 71.5 Å². The first kappa shape index (κ1) is 27.4. The van der Waals surface area contributed by atoms with Gasteiger partial charge in [-0.05, 0) is 86.3 Å². The summed E-state index contributed by atoms with van der Waals surface area (Å²) in [6.07, 6.45) is 11.4. The summed E-state index contributed by atoms with van der Waals surface area (Å²) in [7, 11) is 1.69. The van der Waals surface area contributed by atoms with Gasteiger partial charge in [-0.3, -0.25) is 9.48 Å². The highest BCUT2D eigenvalue weighted by Crippen LogP contribution is 2.43. The van der Waals surface area contributed by atoms with Crippen molar-refractivity contribution in [2.75, 3.05) is 7.11 Å². The molecule has 2 aromatic carbocycles. The van der Waals surface area contributed by atoms with Crippen LogP contribution in [0.3, 0.4) is 0 Å². The third-order valence-electron chi connectivity index (χ3n) is 8.99. The molecule has 5 rings (SSSR count). The van der Waals surface area contributed by atoms with Gasteiger partial charge in [-0.25, -0.2) is 0 Å². The molecule has 2 saturated carbocycles. The number of aromatic nitrogens is 2. The van der Waals surface area contributed by atoms with Crippen LogP contribution >= 0.6 is 0 Å². The second-order valence-corrected chi connectivity index (χ2v) is 11.5. The van der Waals surface area contributed by atoms with Crippen LogP contribution in [0.25, 0.3) is 11.1 Å². The van der Waals surface area contributed by atoms with Gasteiger partial charge in [-0.15, -0.1) is 0 Å². The van der Waals surface area contributed by atoms with Crippen LogP contribution in [0.15, 0.2) is 54.9 Å². The number of carbonyl (C=O) groups is 1. The Morgan fingerprint density at radius 2 is 1.92 bits per heavy atom. The van der Waals surface area contributed by atoms with Gasteiger partial charge in [0.05, 0.1) is 25.5 Å². The number of methoxy groups -OCH3 is 1. The highest BCUT2D eigenvalue weighted by molar-refractivity contribution is 5.79. The molecule has 2 aliphatic rings. The molecule has 4 atom stereocenters. The summed E-state index contributed by atoms with van der Waals surface area (Å²) in [5.74, 6) is 1.39. The van der Waals surface area contributed by atoms with Crippen molar-refractivity contribution in [2.45, 2.75) is 89.8 Å². The Bertz CT molecular complexity index is 1260. The largest absolute Gasteiger partial charge is 0.496 e. The van der Waals surface area contributed by atoms with Crippen LogP contribution in [-0.2, 0) is 11.3 Å². The normalized spacial score (nSPS) is 22.8. The second kappa shape index (κ2) is 12.4. The Hall–Kier alpha value is -3.12. The van der Waals surface area contributed by atoms with E-state index in [2.05, 4.69) is 59.9 Å². The van der Waals surface area contributed by atoms with Crippen LogP contribution in [0.5, 0.6) is 5.75 Å².